The Bertz CT molecular complexity index is 173. The molecule has 2 nitrogen and oxygen atoms in total. The summed E-state index contributed by atoms with van der Waals surface area (Å²) in [6, 6.07) is 0.720. The molecule has 0 radical (unpaired) electrons. The summed E-state index contributed by atoms with van der Waals surface area (Å²) in [4.78, 5) is 0. The molecule has 1 saturated carbocycles. The smallest absolute Gasteiger partial charge is 0.0495 e. The zero-order chi connectivity index (χ0) is 10.5. The van der Waals surface area contributed by atoms with Crippen LogP contribution in [0.25, 0.3) is 0 Å². The van der Waals surface area contributed by atoms with Crippen molar-refractivity contribution >= 4 is 0 Å². The number of hydrogen-bond acceptors (Lipinski definition) is 2. The molecule has 1 heterocycles. The standard InChI is InChI=1S/C13H25NO/c1-11(9-12-3-2-4-12)14-7-5-13-6-8-15-10-13/h11-14H,2-10H2,1H3. The second-order valence-corrected chi connectivity index (χ2v) is 5.41. The van der Waals surface area contributed by atoms with Crippen molar-refractivity contribution in [2.75, 3.05) is 19.8 Å². The normalized spacial score (nSPS) is 29.0. The Morgan fingerprint density at radius 1 is 1.27 bits per heavy atom. The van der Waals surface area contributed by atoms with E-state index in [1.54, 1.807) is 0 Å². The highest BCUT2D eigenvalue weighted by molar-refractivity contribution is 4.75. The lowest BCUT2D eigenvalue weighted by atomic mass is 9.81. The van der Waals surface area contributed by atoms with Gasteiger partial charge in [-0.15, -0.1) is 0 Å². The summed E-state index contributed by atoms with van der Waals surface area (Å²) in [5.41, 5.74) is 0. The molecule has 0 aromatic carbocycles. The van der Waals surface area contributed by atoms with E-state index in [0.29, 0.717) is 0 Å². The molecule has 2 fully saturated rings. The first-order valence-corrected chi connectivity index (χ1v) is 6.65. The quantitative estimate of drug-likeness (QED) is 0.729. The Balaban J connectivity index is 1.48. The van der Waals surface area contributed by atoms with E-state index in [4.69, 9.17) is 4.74 Å². The van der Waals surface area contributed by atoms with Crippen LogP contribution in [0.5, 0.6) is 0 Å². The van der Waals surface area contributed by atoms with Crippen LogP contribution < -0.4 is 5.32 Å². The molecule has 0 aromatic rings. The second kappa shape index (κ2) is 5.86. The zero-order valence-corrected chi connectivity index (χ0v) is 10.0. The molecule has 0 bridgehead atoms. The largest absolute Gasteiger partial charge is 0.381 e. The van der Waals surface area contributed by atoms with E-state index in [0.717, 1.165) is 31.1 Å². The molecule has 1 aliphatic heterocycles. The highest BCUT2D eigenvalue weighted by Crippen LogP contribution is 2.30. The SMILES string of the molecule is CC(CC1CCC1)NCCC1CCOC1. The van der Waals surface area contributed by atoms with Crippen molar-refractivity contribution in [3.8, 4) is 0 Å². The monoisotopic (exact) mass is 211 g/mol. The molecule has 2 aliphatic rings. The van der Waals surface area contributed by atoms with Crippen molar-refractivity contribution < 1.29 is 4.74 Å². The lowest BCUT2D eigenvalue weighted by Crippen LogP contribution is -2.31. The van der Waals surface area contributed by atoms with Gasteiger partial charge in [-0.05, 0) is 44.6 Å². The van der Waals surface area contributed by atoms with Gasteiger partial charge < -0.3 is 10.1 Å². The van der Waals surface area contributed by atoms with Crippen molar-refractivity contribution in [1.29, 1.82) is 0 Å². The summed E-state index contributed by atoms with van der Waals surface area (Å²) >= 11 is 0. The maximum Gasteiger partial charge on any atom is 0.0495 e. The fourth-order valence-corrected chi connectivity index (χ4v) is 2.66. The van der Waals surface area contributed by atoms with Crippen molar-refractivity contribution in [2.24, 2.45) is 11.8 Å². The van der Waals surface area contributed by atoms with Gasteiger partial charge in [0, 0.05) is 19.3 Å². The third kappa shape index (κ3) is 3.76. The molecule has 1 N–H and O–H groups in total. The molecule has 1 aliphatic carbocycles. The molecule has 2 heteroatoms. The molecular formula is C13H25NO. The summed E-state index contributed by atoms with van der Waals surface area (Å²) in [5.74, 6) is 1.86. The van der Waals surface area contributed by atoms with E-state index in [-0.39, 0.29) is 0 Å². The molecular weight excluding hydrogens is 186 g/mol. The van der Waals surface area contributed by atoms with Gasteiger partial charge in [-0.1, -0.05) is 19.3 Å². The van der Waals surface area contributed by atoms with Crippen molar-refractivity contribution in [1.82, 2.24) is 5.32 Å². The van der Waals surface area contributed by atoms with Crippen LogP contribution in [0.2, 0.25) is 0 Å². The molecule has 0 spiro atoms. The molecule has 88 valence electrons. The first kappa shape index (κ1) is 11.4. The van der Waals surface area contributed by atoms with Crippen LogP contribution >= 0.6 is 0 Å². The fraction of sp³-hybridized carbons (Fsp3) is 1.00. The van der Waals surface area contributed by atoms with E-state index < -0.39 is 0 Å². The van der Waals surface area contributed by atoms with E-state index in [2.05, 4.69) is 12.2 Å². The van der Waals surface area contributed by atoms with Gasteiger partial charge in [-0.2, -0.15) is 0 Å². The molecule has 2 atom stereocenters. The minimum atomic E-state index is 0.720. The summed E-state index contributed by atoms with van der Waals surface area (Å²) in [6.07, 6.45) is 8.39. The van der Waals surface area contributed by atoms with Crippen molar-refractivity contribution in [3.05, 3.63) is 0 Å². The second-order valence-electron chi connectivity index (χ2n) is 5.41. The van der Waals surface area contributed by atoms with E-state index in [1.165, 1.54) is 45.1 Å². The molecule has 2 unspecified atom stereocenters. The highest BCUT2D eigenvalue weighted by atomic mass is 16.5. The fourth-order valence-electron chi connectivity index (χ4n) is 2.66. The first-order valence-electron chi connectivity index (χ1n) is 6.65. The number of ether oxygens (including phenoxy) is 1. The number of hydrogen-bond donors (Lipinski definition) is 1. The zero-order valence-electron chi connectivity index (χ0n) is 10.0. The Morgan fingerprint density at radius 3 is 2.73 bits per heavy atom. The highest BCUT2D eigenvalue weighted by Gasteiger charge is 2.20. The van der Waals surface area contributed by atoms with Gasteiger partial charge in [0.05, 0.1) is 0 Å². The Hall–Kier alpha value is -0.0800. The summed E-state index contributed by atoms with van der Waals surface area (Å²) in [6.45, 7) is 5.51. The third-order valence-electron chi connectivity index (χ3n) is 3.98. The summed E-state index contributed by atoms with van der Waals surface area (Å²) < 4.78 is 5.38. The molecule has 0 amide bonds. The van der Waals surface area contributed by atoms with E-state index >= 15 is 0 Å². The minimum Gasteiger partial charge on any atom is -0.381 e. The average Bonchev–Trinajstić information content (AvgIpc) is 2.64. The molecule has 2 rings (SSSR count). The Morgan fingerprint density at radius 2 is 2.13 bits per heavy atom. The van der Waals surface area contributed by atoms with Gasteiger partial charge in [0.1, 0.15) is 0 Å². The van der Waals surface area contributed by atoms with E-state index in [9.17, 15) is 0 Å². The van der Waals surface area contributed by atoms with Crippen molar-refractivity contribution in [3.63, 3.8) is 0 Å². The Kier molecular flexibility index (Phi) is 4.45. The van der Waals surface area contributed by atoms with Crippen molar-refractivity contribution in [2.45, 2.75) is 51.5 Å². The first-order chi connectivity index (χ1) is 7.34. The van der Waals surface area contributed by atoms with Gasteiger partial charge in [0.25, 0.3) is 0 Å². The van der Waals surface area contributed by atoms with Gasteiger partial charge in [0.15, 0.2) is 0 Å². The number of rotatable bonds is 6. The van der Waals surface area contributed by atoms with Gasteiger partial charge in [-0.25, -0.2) is 0 Å². The van der Waals surface area contributed by atoms with Gasteiger partial charge in [-0.3, -0.25) is 0 Å². The number of nitrogens with one attached hydrogen (secondary N) is 1. The van der Waals surface area contributed by atoms with Crippen LogP contribution in [-0.2, 0) is 4.74 Å². The van der Waals surface area contributed by atoms with Gasteiger partial charge >= 0.3 is 0 Å². The van der Waals surface area contributed by atoms with Crippen LogP contribution in [0.1, 0.15) is 45.4 Å². The maximum atomic E-state index is 5.38. The Labute approximate surface area is 93.8 Å². The molecule has 1 saturated heterocycles. The summed E-state index contributed by atoms with van der Waals surface area (Å²) in [7, 11) is 0. The van der Waals surface area contributed by atoms with E-state index in [1.807, 2.05) is 0 Å². The average molecular weight is 211 g/mol. The predicted molar refractivity (Wildman–Crippen MR) is 63.0 cm³/mol. The van der Waals surface area contributed by atoms with Crippen LogP contribution in [0.4, 0.5) is 0 Å². The lowest BCUT2D eigenvalue weighted by Gasteiger charge is -2.28. The van der Waals surface area contributed by atoms with Crippen LogP contribution in [0.15, 0.2) is 0 Å². The van der Waals surface area contributed by atoms with Crippen LogP contribution in [0, 0.1) is 11.8 Å². The molecule has 0 aromatic heterocycles. The molecule has 15 heavy (non-hydrogen) atoms. The maximum absolute atomic E-state index is 5.38. The summed E-state index contributed by atoms with van der Waals surface area (Å²) in [5, 5.41) is 3.65. The van der Waals surface area contributed by atoms with Crippen LogP contribution in [-0.4, -0.2) is 25.8 Å². The minimum absolute atomic E-state index is 0.720. The predicted octanol–water partition coefficient (Wildman–Crippen LogP) is 2.58. The lowest BCUT2D eigenvalue weighted by molar-refractivity contribution is 0.183. The van der Waals surface area contributed by atoms with Gasteiger partial charge in [0.2, 0.25) is 0 Å². The third-order valence-corrected chi connectivity index (χ3v) is 3.98. The topological polar surface area (TPSA) is 21.3 Å². The van der Waals surface area contributed by atoms with Crippen LogP contribution in [0.3, 0.4) is 0 Å².